The van der Waals surface area contributed by atoms with Crippen LogP contribution in [0.5, 0.6) is 23.0 Å². The lowest BCUT2D eigenvalue weighted by molar-refractivity contribution is 0.0765. The predicted octanol–water partition coefficient (Wildman–Crippen LogP) is 4.88. The van der Waals surface area contributed by atoms with Crippen LogP contribution >= 0.6 is 0 Å². The van der Waals surface area contributed by atoms with E-state index in [0.717, 1.165) is 33.0 Å². The SMILES string of the molecule is Oc1ccc2ccc(OCCOCCOc3ccc4ccc(O)cc4c3)cc2c1. The van der Waals surface area contributed by atoms with Gasteiger partial charge in [-0.15, -0.1) is 0 Å². The fraction of sp³-hybridized carbons (Fsp3) is 0.167. The van der Waals surface area contributed by atoms with E-state index in [2.05, 4.69) is 0 Å². The number of rotatable bonds is 8. The molecule has 29 heavy (non-hydrogen) atoms. The van der Waals surface area contributed by atoms with Crippen molar-refractivity contribution in [2.24, 2.45) is 0 Å². The minimum atomic E-state index is 0.237. The molecule has 4 rings (SSSR count). The van der Waals surface area contributed by atoms with Gasteiger partial charge in [0.1, 0.15) is 36.2 Å². The van der Waals surface area contributed by atoms with Crippen LogP contribution < -0.4 is 9.47 Å². The quantitative estimate of drug-likeness (QED) is 0.420. The first-order valence-electron chi connectivity index (χ1n) is 9.46. The zero-order valence-corrected chi connectivity index (χ0v) is 15.9. The molecule has 0 aromatic heterocycles. The van der Waals surface area contributed by atoms with E-state index in [9.17, 15) is 10.2 Å². The molecule has 5 nitrogen and oxygen atoms in total. The number of phenolic OH excluding ortho intramolecular Hbond substituents is 2. The van der Waals surface area contributed by atoms with Crippen molar-refractivity contribution in [1.82, 2.24) is 0 Å². The first-order chi connectivity index (χ1) is 14.2. The lowest BCUT2D eigenvalue weighted by atomic mass is 10.1. The number of benzene rings is 4. The largest absolute Gasteiger partial charge is 0.508 e. The Labute approximate surface area is 168 Å². The highest BCUT2D eigenvalue weighted by molar-refractivity contribution is 5.85. The monoisotopic (exact) mass is 390 g/mol. The summed E-state index contributed by atoms with van der Waals surface area (Å²) in [6.07, 6.45) is 0. The fourth-order valence-corrected chi connectivity index (χ4v) is 3.14. The van der Waals surface area contributed by atoms with Gasteiger partial charge in [-0.3, -0.25) is 0 Å². The van der Waals surface area contributed by atoms with Gasteiger partial charge in [0.15, 0.2) is 0 Å². The van der Waals surface area contributed by atoms with Gasteiger partial charge in [0.05, 0.1) is 13.2 Å². The summed E-state index contributed by atoms with van der Waals surface area (Å²) in [6.45, 7) is 1.76. The molecule has 0 unspecified atom stereocenters. The lowest BCUT2D eigenvalue weighted by Crippen LogP contribution is -2.12. The molecule has 4 aromatic rings. The minimum Gasteiger partial charge on any atom is -0.508 e. The highest BCUT2D eigenvalue weighted by Crippen LogP contribution is 2.25. The van der Waals surface area contributed by atoms with Gasteiger partial charge >= 0.3 is 0 Å². The van der Waals surface area contributed by atoms with Gasteiger partial charge in [-0.25, -0.2) is 0 Å². The van der Waals surface area contributed by atoms with E-state index < -0.39 is 0 Å². The smallest absolute Gasteiger partial charge is 0.120 e. The van der Waals surface area contributed by atoms with Crippen LogP contribution in [0.25, 0.3) is 21.5 Å². The minimum absolute atomic E-state index is 0.237. The molecular formula is C24H22O5. The first kappa shape index (κ1) is 18.9. The van der Waals surface area contributed by atoms with Crippen LogP contribution in [0.2, 0.25) is 0 Å². The molecule has 0 fully saturated rings. The standard InChI is InChI=1S/C24H22O5/c25-21-5-1-17-3-7-23(15-19(17)13-21)28-11-9-27-10-12-29-24-8-4-18-2-6-22(26)14-20(18)16-24/h1-8,13-16,25-26H,9-12H2. The lowest BCUT2D eigenvalue weighted by Gasteiger charge is -2.10. The summed E-state index contributed by atoms with van der Waals surface area (Å²) >= 11 is 0. The highest BCUT2D eigenvalue weighted by Gasteiger charge is 2.01. The molecule has 0 radical (unpaired) electrons. The van der Waals surface area contributed by atoms with Gasteiger partial charge in [-0.1, -0.05) is 24.3 Å². The number of fused-ring (bicyclic) bond motifs is 2. The fourth-order valence-electron chi connectivity index (χ4n) is 3.14. The van der Waals surface area contributed by atoms with Crippen molar-refractivity contribution in [2.75, 3.05) is 26.4 Å². The molecule has 0 aliphatic carbocycles. The van der Waals surface area contributed by atoms with Crippen molar-refractivity contribution < 1.29 is 24.4 Å². The summed E-state index contributed by atoms with van der Waals surface area (Å²) in [5.74, 6) is 1.95. The van der Waals surface area contributed by atoms with Gasteiger partial charge in [0.2, 0.25) is 0 Å². The summed E-state index contributed by atoms with van der Waals surface area (Å²) in [6, 6.07) is 22.0. The molecule has 0 aliphatic rings. The molecule has 4 aromatic carbocycles. The van der Waals surface area contributed by atoms with E-state index in [1.807, 2.05) is 48.5 Å². The Bertz CT molecular complexity index is 1030. The van der Waals surface area contributed by atoms with E-state index in [0.29, 0.717) is 26.4 Å². The van der Waals surface area contributed by atoms with Crippen molar-refractivity contribution in [3.8, 4) is 23.0 Å². The third-order valence-electron chi connectivity index (χ3n) is 4.58. The van der Waals surface area contributed by atoms with Crippen molar-refractivity contribution in [1.29, 1.82) is 0 Å². The molecule has 148 valence electrons. The van der Waals surface area contributed by atoms with Crippen molar-refractivity contribution in [3.05, 3.63) is 72.8 Å². The normalized spacial score (nSPS) is 11.0. The van der Waals surface area contributed by atoms with E-state index in [1.54, 1.807) is 24.3 Å². The van der Waals surface area contributed by atoms with Gasteiger partial charge in [-0.2, -0.15) is 0 Å². The van der Waals surface area contributed by atoms with Crippen molar-refractivity contribution in [3.63, 3.8) is 0 Å². The zero-order chi connectivity index (χ0) is 20.1. The third kappa shape index (κ3) is 4.89. The maximum atomic E-state index is 9.58. The molecule has 0 aliphatic heterocycles. The van der Waals surface area contributed by atoms with E-state index in [-0.39, 0.29) is 11.5 Å². The van der Waals surface area contributed by atoms with Crippen LogP contribution in [0.4, 0.5) is 0 Å². The number of aromatic hydroxyl groups is 2. The third-order valence-corrected chi connectivity index (χ3v) is 4.58. The Morgan fingerprint density at radius 3 is 1.41 bits per heavy atom. The average molecular weight is 390 g/mol. The summed E-state index contributed by atoms with van der Waals surface area (Å²) in [7, 11) is 0. The zero-order valence-electron chi connectivity index (χ0n) is 15.9. The average Bonchev–Trinajstić information content (AvgIpc) is 2.72. The molecule has 0 heterocycles. The van der Waals surface area contributed by atoms with E-state index in [1.165, 1.54) is 0 Å². The molecule has 2 N–H and O–H groups in total. The molecular weight excluding hydrogens is 368 g/mol. The number of hydrogen-bond donors (Lipinski definition) is 2. The van der Waals surface area contributed by atoms with Crippen LogP contribution in [0.1, 0.15) is 0 Å². The van der Waals surface area contributed by atoms with E-state index >= 15 is 0 Å². The molecule has 0 saturated carbocycles. The predicted molar refractivity (Wildman–Crippen MR) is 113 cm³/mol. The van der Waals surface area contributed by atoms with Gasteiger partial charge < -0.3 is 24.4 Å². The van der Waals surface area contributed by atoms with Crippen LogP contribution in [-0.4, -0.2) is 36.6 Å². The van der Waals surface area contributed by atoms with Gasteiger partial charge in [0, 0.05) is 0 Å². The maximum Gasteiger partial charge on any atom is 0.120 e. The Balaban J connectivity index is 1.18. The number of ether oxygens (including phenoxy) is 3. The van der Waals surface area contributed by atoms with Crippen molar-refractivity contribution in [2.45, 2.75) is 0 Å². The Morgan fingerprint density at radius 2 is 0.931 bits per heavy atom. The summed E-state index contributed by atoms with van der Waals surface area (Å²) in [5, 5.41) is 23.1. The summed E-state index contributed by atoms with van der Waals surface area (Å²) in [5.41, 5.74) is 0. The molecule has 0 atom stereocenters. The highest BCUT2D eigenvalue weighted by atomic mass is 16.5. The Kier molecular flexibility index (Phi) is 5.68. The van der Waals surface area contributed by atoms with Gasteiger partial charge in [-0.05, 0) is 70.1 Å². The molecule has 0 spiro atoms. The molecule has 0 amide bonds. The van der Waals surface area contributed by atoms with Crippen molar-refractivity contribution >= 4 is 21.5 Å². The van der Waals surface area contributed by atoms with E-state index in [4.69, 9.17) is 14.2 Å². The van der Waals surface area contributed by atoms with Crippen LogP contribution in [0.3, 0.4) is 0 Å². The van der Waals surface area contributed by atoms with Gasteiger partial charge in [0.25, 0.3) is 0 Å². The Hall–Kier alpha value is -3.44. The van der Waals surface area contributed by atoms with Crippen LogP contribution in [-0.2, 0) is 4.74 Å². The number of phenols is 2. The summed E-state index contributed by atoms with van der Waals surface area (Å²) < 4.78 is 17.0. The second-order valence-corrected chi connectivity index (χ2v) is 6.70. The van der Waals surface area contributed by atoms with Crippen LogP contribution in [0.15, 0.2) is 72.8 Å². The maximum absolute atomic E-state index is 9.58. The molecule has 5 heteroatoms. The second kappa shape index (κ2) is 8.71. The number of hydrogen-bond acceptors (Lipinski definition) is 5. The second-order valence-electron chi connectivity index (χ2n) is 6.70. The first-order valence-corrected chi connectivity index (χ1v) is 9.46. The molecule has 0 bridgehead atoms. The Morgan fingerprint density at radius 1 is 0.483 bits per heavy atom. The topological polar surface area (TPSA) is 68.2 Å². The molecule has 0 saturated heterocycles. The van der Waals surface area contributed by atoms with Crippen LogP contribution in [0, 0.1) is 0 Å². The summed E-state index contributed by atoms with van der Waals surface area (Å²) in [4.78, 5) is 0.